The zero-order chi connectivity index (χ0) is 10.5. The van der Waals surface area contributed by atoms with Gasteiger partial charge in [-0.2, -0.15) is 0 Å². The van der Waals surface area contributed by atoms with Crippen LogP contribution in [-0.2, 0) is 0 Å². The van der Waals surface area contributed by atoms with Gasteiger partial charge in [0, 0.05) is 0 Å². The maximum absolute atomic E-state index is 4.18. The van der Waals surface area contributed by atoms with E-state index in [1.807, 2.05) is 0 Å². The van der Waals surface area contributed by atoms with Crippen LogP contribution in [0.15, 0.2) is 12.2 Å². The molecule has 13 heavy (non-hydrogen) atoms. The maximum atomic E-state index is 4.18. The SMILES string of the molecule is C=C(CCCN(C)C)C(C)(C)CC. The monoisotopic (exact) mass is 183 g/mol. The second-order valence-corrected chi connectivity index (χ2v) is 4.75. The van der Waals surface area contributed by atoms with Crippen LogP contribution in [0, 0.1) is 5.41 Å². The molecular weight excluding hydrogens is 158 g/mol. The Labute approximate surface area is 83.8 Å². The molecule has 0 atom stereocenters. The van der Waals surface area contributed by atoms with Gasteiger partial charge in [-0.15, -0.1) is 0 Å². The van der Waals surface area contributed by atoms with Crippen molar-refractivity contribution in [2.24, 2.45) is 5.41 Å². The van der Waals surface area contributed by atoms with Gasteiger partial charge < -0.3 is 4.90 Å². The second kappa shape index (κ2) is 5.43. The summed E-state index contributed by atoms with van der Waals surface area (Å²) in [6.45, 7) is 12.1. The number of rotatable bonds is 6. The van der Waals surface area contributed by atoms with Crippen LogP contribution >= 0.6 is 0 Å². The van der Waals surface area contributed by atoms with E-state index < -0.39 is 0 Å². The van der Waals surface area contributed by atoms with Crippen LogP contribution in [0.1, 0.15) is 40.0 Å². The van der Waals surface area contributed by atoms with E-state index in [4.69, 9.17) is 0 Å². The van der Waals surface area contributed by atoms with E-state index in [9.17, 15) is 0 Å². The summed E-state index contributed by atoms with van der Waals surface area (Å²) in [5.41, 5.74) is 1.73. The fraction of sp³-hybridized carbons (Fsp3) is 0.833. The Morgan fingerprint density at radius 2 is 1.85 bits per heavy atom. The molecule has 0 N–H and O–H groups in total. The molecule has 0 spiro atoms. The van der Waals surface area contributed by atoms with Crippen molar-refractivity contribution in [1.29, 1.82) is 0 Å². The minimum absolute atomic E-state index is 0.326. The Morgan fingerprint density at radius 3 is 2.23 bits per heavy atom. The van der Waals surface area contributed by atoms with Crippen molar-refractivity contribution in [3.63, 3.8) is 0 Å². The molecule has 0 amide bonds. The van der Waals surface area contributed by atoms with Crippen molar-refractivity contribution in [2.75, 3.05) is 20.6 Å². The quantitative estimate of drug-likeness (QED) is 0.571. The summed E-state index contributed by atoms with van der Waals surface area (Å²) in [6, 6.07) is 0. The lowest BCUT2D eigenvalue weighted by molar-refractivity contribution is 0.374. The van der Waals surface area contributed by atoms with Crippen molar-refractivity contribution >= 4 is 0 Å². The first-order valence-electron chi connectivity index (χ1n) is 5.23. The number of allylic oxidation sites excluding steroid dienone is 1. The van der Waals surface area contributed by atoms with Crippen LogP contribution in [0.5, 0.6) is 0 Å². The van der Waals surface area contributed by atoms with Crippen LogP contribution in [0.4, 0.5) is 0 Å². The van der Waals surface area contributed by atoms with Crippen molar-refractivity contribution in [3.8, 4) is 0 Å². The van der Waals surface area contributed by atoms with E-state index >= 15 is 0 Å². The number of nitrogens with zero attached hydrogens (tertiary/aromatic N) is 1. The highest BCUT2D eigenvalue weighted by Gasteiger charge is 2.18. The molecule has 78 valence electrons. The maximum Gasteiger partial charge on any atom is -0.00218 e. The van der Waals surface area contributed by atoms with Gasteiger partial charge >= 0.3 is 0 Å². The Balaban J connectivity index is 3.75. The van der Waals surface area contributed by atoms with Gasteiger partial charge in [0.15, 0.2) is 0 Å². The molecule has 1 heteroatoms. The third kappa shape index (κ3) is 5.09. The highest BCUT2D eigenvalue weighted by molar-refractivity contribution is 5.06. The Hall–Kier alpha value is -0.300. The minimum atomic E-state index is 0.326. The lowest BCUT2D eigenvalue weighted by atomic mass is 9.80. The predicted molar refractivity (Wildman–Crippen MR) is 61.0 cm³/mol. The van der Waals surface area contributed by atoms with E-state index in [2.05, 4.69) is 46.3 Å². The molecule has 0 aromatic rings. The molecule has 1 nitrogen and oxygen atoms in total. The summed E-state index contributed by atoms with van der Waals surface area (Å²) in [4.78, 5) is 2.23. The molecule has 0 rings (SSSR count). The lowest BCUT2D eigenvalue weighted by Crippen LogP contribution is -2.16. The molecule has 0 unspecified atom stereocenters. The van der Waals surface area contributed by atoms with E-state index in [0.717, 1.165) is 0 Å². The zero-order valence-electron chi connectivity index (χ0n) is 9.98. The largest absolute Gasteiger partial charge is 0.309 e. The lowest BCUT2D eigenvalue weighted by Gasteiger charge is -2.26. The zero-order valence-corrected chi connectivity index (χ0v) is 9.98. The number of hydrogen-bond acceptors (Lipinski definition) is 1. The summed E-state index contributed by atoms with van der Waals surface area (Å²) >= 11 is 0. The Morgan fingerprint density at radius 1 is 1.31 bits per heavy atom. The van der Waals surface area contributed by atoms with Gasteiger partial charge in [-0.3, -0.25) is 0 Å². The van der Waals surface area contributed by atoms with Gasteiger partial charge in [0.25, 0.3) is 0 Å². The van der Waals surface area contributed by atoms with Gasteiger partial charge in [0.1, 0.15) is 0 Å². The van der Waals surface area contributed by atoms with Crippen LogP contribution in [0.3, 0.4) is 0 Å². The molecule has 0 aromatic heterocycles. The van der Waals surface area contributed by atoms with Gasteiger partial charge in [0.2, 0.25) is 0 Å². The van der Waals surface area contributed by atoms with E-state index in [-0.39, 0.29) is 0 Å². The van der Waals surface area contributed by atoms with Crippen LogP contribution in [0.25, 0.3) is 0 Å². The summed E-state index contributed by atoms with van der Waals surface area (Å²) in [5.74, 6) is 0. The Kier molecular flexibility index (Phi) is 5.31. The van der Waals surface area contributed by atoms with Gasteiger partial charge in [-0.05, 0) is 45.3 Å². The smallest absolute Gasteiger partial charge is 0.00218 e. The topological polar surface area (TPSA) is 3.24 Å². The Bertz CT molecular complexity index is 157. The average molecular weight is 183 g/mol. The van der Waals surface area contributed by atoms with Crippen molar-refractivity contribution in [2.45, 2.75) is 40.0 Å². The normalized spacial score (nSPS) is 12.2. The summed E-state index contributed by atoms with van der Waals surface area (Å²) in [6.07, 6.45) is 3.59. The number of hydrogen-bond donors (Lipinski definition) is 0. The highest BCUT2D eigenvalue weighted by Crippen LogP contribution is 2.31. The predicted octanol–water partition coefficient (Wildman–Crippen LogP) is 3.32. The molecule has 0 saturated heterocycles. The molecule has 0 heterocycles. The van der Waals surface area contributed by atoms with Crippen LogP contribution < -0.4 is 0 Å². The molecule has 0 aliphatic rings. The molecule has 0 aliphatic carbocycles. The minimum Gasteiger partial charge on any atom is -0.309 e. The average Bonchev–Trinajstić information content (AvgIpc) is 2.03. The first-order valence-corrected chi connectivity index (χ1v) is 5.23. The van der Waals surface area contributed by atoms with Gasteiger partial charge in [-0.1, -0.05) is 32.9 Å². The highest BCUT2D eigenvalue weighted by atomic mass is 15.0. The molecule has 0 aliphatic heterocycles. The first-order chi connectivity index (χ1) is 5.90. The summed E-state index contributed by atoms with van der Waals surface area (Å²) in [7, 11) is 4.24. The van der Waals surface area contributed by atoms with E-state index in [0.29, 0.717) is 5.41 Å². The van der Waals surface area contributed by atoms with Crippen molar-refractivity contribution in [1.82, 2.24) is 4.90 Å². The fourth-order valence-electron chi connectivity index (χ4n) is 1.20. The van der Waals surface area contributed by atoms with Crippen LogP contribution in [0.2, 0.25) is 0 Å². The summed E-state index contributed by atoms with van der Waals surface area (Å²) in [5, 5.41) is 0. The third-order valence-electron chi connectivity index (χ3n) is 2.92. The molecule has 0 saturated carbocycles. The second-order valence-electron chi connectivity index (χ2n) is 4.75. The van der Waals surface area contributed by atoms with E-state index in [1.165, 1.54) is 31.4 Å². The molecule has 0 bridgehead atoms. The third-order valence-corrected chi connectivity index (χ3v) is 2.92. The molecule has 0 fully saturated rings. The van der Waals surface area contributed by atoms with Crippen LogP contribution in [-0.4, -0.2) is 25.5 Å². The van der Waals surface area contributed by atoms with E-state index in [1.54, 1.807) is 0 Å². The summed E-state index contributed by atoms with van der Waals surface area (Å²) < 4.78 is 0. The molecule has 0 radical (unpaired) electrons. The van der Waals surface area contributed by atoms with Crippen molar-refractivity contribution < 1.29 is 0 Å². The molecule has 0 aromatic carbocycles. The van der Waals surface area contributed by atoms with Gasteiger partial charge in [0.05, 0.1) is 0 Å². The fourth-order valence-corrected chi connectivity index (χ4v) is 1.20. The standard InChI is InChI=1S/C12H25N/c1-7-12(3,4)11(2)9-8-10-13(5)6/h2,7-10H2,1,3-6H3. The molecular formula is C12H25N. The van der Waals surface area contributed by atoms with Gasteiger partial charge in [-0.25, -0.2) is 0 Å². The van der Waals surface area contributed by atoms with Crippen molar-refractivity contribution in [3.05, 3.63) is 12.2 Å². The first kappa shape index (κ1) is 12.7.